The fourth-order valence-electron chi connectivity index (χ4n) is 4.95. The second-order valence-corrected chi connectivity index (χ2v) is 11.3. The predicted octanol–water partition coefficient (Wildman–Crippen LogP) is 5.20. The number of rotatable bonds is 16. The van der Waals surface area contributed by atoms with Gasteiger partial charge in [-0.05, 0) is 77.2 Å². The lowest BCUT2D eigenvalue weighted by Crippen LogP contribution is -2.34. The first kappa shape index (κ1) is 35.7. The van der Waals surface area contributed by atoms with Crippen LogP contribution < -0.4 is 15.2 Å². The molecule has 2 N–H and O–H groups in total. The topological polar surface area (TPSA) is 150 Å². The Balaban J connectivity index is 1.08. The fraction of sp³-hybridized carbons (Fsp3) is 0.351. The number of carbonyl (C=O) groups excluding carboxylic acids is 4. The van der Waals surface area contributed by atoms with Crippen molar-refractivity contribution in [2.24, 2.45) is 5.73 Å². The molecule has 0 aliphatic carbocycles. The van der Waals surface area contributed by atoms with Gasteiger partial charge in [-0.25, -0.2) is 0 Å². The van der Waals surface area contributed by atoms with Crippen LogP contribution in [-0.4, -0.2) is 70.6 Å². The van der Waals surface area contributed by atoms with Crippen LogP contribution in [0.15, 0.2) is 72.8 Å². The summed E-state index contributed by atoms with van der Waals surface area (Å²) < 4.78 is 31.3. The van der Waals surface area contributed by atoms with Gasteiger partial charge in [-0.3, -0.25) is 19.2 Å². The molecule has 0 aliphatic rings. The van der Waals surface area contributed by atoms with Gasteiger partial charge in [0.2, 0.25) is 0 Å². The molecule has 0 amide bonds. The van der Waals surface area contributed by atoms with Crippen molar-refractivity contribution in [2.75, 3.05) is 40.6 Å². The standard InChI is InChI=1S/C37H41NO10/c1-23(25-5-7-29-21-31(43-3)11-9-27(29)19-25)35(40)46-16-15-45-34(39)14-13-33(38)37(42)48-18-17-47-36(41)24(2)26-6-8-30-22-32(44-4)12-10-28(30)20-26/h5-12,19-24,33H,13-18,38H2,1-4H3/t23?,24?,33-/m0/s1. The molecule has 2 unspecified atom stereocenters. The Kier molecular flexibility index (Phi) is 12.7. The van der Waals surface area contributed by atoms with Crippen LogP contribution in [0.25, 0.3) is 21.5 Å². The molecule has 4 aromatic rings. The van der Waals surface area contributed by atoms with E-state index in [1.165, 1.54) is 0 Å². The Morgan fingerprint density at radius 3 is 1.42 bits per heavy atom. The second-order valence-electron chi connectivity index (χ2n) is 11.3. The molecule has 0 aromatic heterocycles. The zero-order valence-electron chi connectivity index (χ0n) is 27.6. The van der Waals surface area contributed by atoms with Gasteiger partial charge < -0.3 is 34.2 Å². The predicted molar refractivity (Wildman–Crippen MR) is 179 cm³/mol. The molecule has 11 nitrogen and oxygen atoms in total. The highest BCUT2D eigenvalue weighted by atomic mass is 16.6. The summed E-state index contributed by atoms with van der Waals surface area (Å²) in [5.74, 6) is -1.77. The van der Waals surface area contributed by atoms with Crippen LogP contribution in [-0.2, 0) is 38.1 Å². The largest absolute Gasteiger partial charge is 0.497 e. The van der Waals surface area contributed by atoms with Crippen molar-refractivity contribution < 1.29 is 47.6 Å². The van der Waals surface area contributed by atoms with Crippen LogP contribution in [0.1, 0.15) is 49.7 Å². The molecule has 0 saturated heterocycles. The fourth-order valence-corrected chi connectivity index (χ4v) is 4.95. The summed E-state index contributed by atoms with van der Waals surface area (Å²) in [6, 6.07) is 21.7. The number of carbonyl (C=O) groups is 4. The highest BCUT2D eigenvalue weighted by molar-refractivity contribution is 5.88. The smallest absolute Gasteiger partial charge is 0.323 e. The van der Waals surface area contributed by atoms with Crippen LogP contribution in [0.4, 0.5) is 0 Å². The van der Waals surface area contributed by atoms with E-state index in [0.717, 1.165) is 44.2 Å². The van der Waals surface area contributed by atoms with Crippen LogP contribution in [0.5, 0.6) is 11.5 Å². The lowest BCUT2D eigenvalue weighted by atomic mass is 9.98. The molecule has 11 heteroatoms. The molecule has 3 atom stereocenters. The summed E-state index contributed by atoms with van der Waals surface area (Å²) in [5, 5.41) is 3.91. The molecule has 4 aromatic carbocycles. The number of nitrogens with two attached hydrogens (primary N) is 1. The zero-order valence-corrected chi connectivity index (χ0v) is 27.6. The molecule has 0 bridgehead atoms. The minimum absolute atomic E-state index is 0.00696. The van der Waals surface area contributed by atoms with Crippen LogP contribution in [0, 0.1) is 0 Å². The monoisotopic (exact) mass is 659 g/mol. The molecular formula is C37H41NO10. The Bertz CT molecular complexity index is 1750. The highest BCUT2D eigenvalue weighted by Gasteiger charge is 2.21. The quantitative estimate of drug-likeness (QED) is 0.0961. The van der Waals surface area contributed by atoms with Gasteiger partial charge in [0, 0.05) is 6.42 Å². The lowest BCUT2D eigenvalue weighted by Gasteiger charge is -2.14. The Labute approximate surface area is 279 Å². The molecule has 0 spiro atoms. The van der Waals surface area contributed by atoms with Gasteiger partial charge in [0.15, 0.2) is 0 Å². The van der Waals surface area contributed by atoms with Crippen molar-refractivity contribution in [1.29, 1.82) is 0 Å². The van der Waals surface area contributed by atoms with E-state index in [4.69, 9.17) is 34.2 Å². The molecule has 0 fully saturated rings. The van der Waals surface area contributed by atoms with E-state index in [-0.39, 0.29) is 39.3 Å². The van der Waals surface area contributed by atoms with Crippen molar-refractivity contribution in [3.63, 3.8) is 0 Å². The second kappa shape index (κ2) is 17.1. The van der Waals surface area contributed by atoms with Crippen LogP contribution in [0.3, 0.4) is 0 Å². The SMILES string of the molecule is COc1ccc2cc(C(C)C(=O)OCCOC(=O)CC[C@H](N)C(=O)OCCOC(=O)C(C)c3ccc4cc(OC)ccc4c3)ccc2c1. The Morgan fingerprint density at radius 1 is 0.562 bits per heavy atom. The maximum Gasteiger partial charge on any atom is 0.323 e. The van der Waals surface area contributed by atoms with Crippen LogP contribution in [0.2, 0.25) is 0 Å². The van der Waals surface area contributed by atoms with Gasteiger partial charge in [0.1, 0.15) is 44.0 Å². The van der Waals surface area contributed by atoms with Gasteiger partial charge in [-0.2, -0.15) is 0 Å². The summed E-state index contributed by atoms with van der Waals surface area (Å²) in [6.07, 6.45) is -0.138. The van der Waals surface area contributed by atoms with Crippen LogP contribution >= 0.6 is 0 Å². The van der Waals surface area contributed by atoms with Gasteiger partial charge in [0.05, 0.1) is 26.1 Å². The third kappa shape index (κ3) is 9.68. The number of hydrogen-bond donors (Lipinski definition) is 1. The van der Waals surface area contributed by atoms with Gasteiger partial charge in [0.25, 0.3) is 0 Å². The van der Waals surface area contributed by atoms with Crippen molar-refractivity contribution >= 4 is 45.4 Å². The first-order valence-corrected chi connectivity index (χ1v) is 15.7. The van der Waals surface area contributed by atoms with E-state index < -0.39 is 41.8 Å². The number of benzene rings is 4. The van der Waals surface area contributed by atoms with Crippen molar-refractivity contribution in [1.82, 2.24) is 0 Å². The van der Waals surface area contributed by atoms with Gasteiger partial charge in [-0.1, -0.05) is 48.5 Å². The third-order valence-corrected chi connectivity index (χ3v) is 7.97. The number of methoxy groups -OCH3 is 2. The maximum absolute atomic E-state index is 12.6. The van der Waals surface area contributed by atoms with Gasteiger partial charge in [-0.15, -0.1) is 0 Å². The number of hydrogen-bond acceptors (Lipinski definition) is 11. The molecule has 254 valence electrons. The molecule has 4 rings (SSSR count). The van der Waals surface area contributed by atoms with Crippen molar-refractivity contribution in [3.05, 3.63) is 83.9 Å². The minimum Gasteiger partial charge on any atom is -0.497 e. The molecule has 0 aliphatic heterocycles. The summed E-state index contributed by atoms with van der Waals surface area (Å²) in [5.41, 5.74) is 7.44. The average molecular weight is 660 g/mol. The average Bonchev–Trinajstić information content (AvgIpc) is 3.12. The zero-order chi connectivity index (χ0) is 34.6. The summed E-state index contributed by atoms with van der Waals surface area (Å²) in [6.45, 7) is 2.93. The third-order valence-electron chi connectivity index (χ3n) is 7.97. The highest BCUT2D eigenvalue weighted by Crippen LogP contribution is 2.27. The molecule has 0 saturated carbocycles. The molecular weight excluding hydrogens is 618 g/mol. The van der Waals surface area contributed by atoms with Crippen molar-refractivity contribution in [3.8, 4) is 11.5 Å². The normalized spacial score (nSPS) is 12.9. The molecule has 0 radical (unpaired) electrons. The molecule has 48 heavy (non-hydrogen) atoms. The first-order valence-electron chi connectivity index (χ1n) is 15.7. The lowest BCUT2D eigenvalue weighted by molar-refractivity contribution is -0.155. The van der Waals surface area contributed by atoms with Crippen molar-refractivity contribution in [2.45, 2.75) is 44.6 Å². The molecule has 0 heterocycles. The van der Waals surface area contributed by atoms with E-state index in [9.17, 15) is 19.2 Å². The van der Waals surface area contributed by atoms with E-state index in [1.807, 2.05) is 72.8 Å². The van der Waals surface area contributed by atoms with E-state index in [2.05, 4.69) is 0 Å². The van der Waals surface area contributed by atoms with E-state index in [0.29, 0.717) is 0 Å². The summed E-state index contributed by atoms with van der Waals surface area (Å²) >= 11 is 0. The van der Waals surface area contributed by atoms with E-state index in [1.54, 1.807) is 28.1 Å². The Morgan fingerprint density at radius 2 is 0.958 bits per heavy atom. The minimum atomic E-state index is -1.06. The first-order chi connectivity index (χ1) is 23.1. The number of ether oxygens (including phenoxy) is 6. The Hall–Kier alpha value is -5.16. The van der Waals surface area contributed by atoms with E-state index >= 15 is 0 Å². The van der Waals surface area contributed by atoms with Gasteiger partial charge >= 0.3 is 23.9 Å². The summed E-state index contributed by atoms with van der Waals surface area (Å²) in [4.78, 5) is 49.4. The number of fused-ring (bicyclic) bond motifs is 2. The number of esters is 4. The maximum atomic E-state index is 12.6. The summed E-state index contributed by atoms with van der Waals surface area (Å²) in [7, 11) is 3.21.